The first-order valence-electron chi connectivity index (χ1n) is 9.28. The van der Waals surface area contributed by atoms with E-state index in [9.17, 15) is 24.8 Å². The lowest BCUT2D eigenvalue weighted by molar-refractivity contribution is -0.385. The normalized spacial score (nSPS) is 10.0. The number of nitro groups is 1. The fourth-order valence-corrected chi connectivity index (χ4v) is 3.15. The van der Waals surface area contributed by atoms with Crippen LogP contribution in [-0.2, 0) is 0 Å². The molecule has 2 aromatic rings. The van der Waals surface area contributed by atoms with E-state index < -0.39 is 4.92 Å². The molecule has 0 radical (unpaired) electrons. The van der Waals surface area contributed by atoms with Gasteiger partial charge >= 0.3 is 5.69 Å². The number of aryl methyl sites for hydroxylation is 1. The van der Waals surface area contributed by atoms with Gasteiger partial charge in [-0.3, -0.25) is 19.7 Å². The highest BCUT2D eigenvalue weighted by Crippen LogP contribution is 2.38. The largest absolute Gasteiger partial charge is 0.505 e. The molecule has 0 aromatic heterocycles. The third-order valence-corrected chi connectivity index (χ3v) is 5.34. The number of phenols is 1. The average Bonchev–Trinajstić information content (AvgIpc) is 2.72. The lowest BCUT2D eigenvalue weighted by Gasteiger charge is -2.16. The van der Waals surface area contributed by atoms with Crippen molar-refractivity contribution in [3.8, 4) is 11.5 Å². The minimum absolute atomic E-state index is 0.0144. The molecule has 0 unspecified atom stereocenters. The standard InChI is InChI=1S/C11H13BrN2O4.C10H14N2O2/c1-6-7(12)5-8(14(16)17)10(18-4)9(6)11(15)13(2)3;1-6-4-5-7(11)9(13)8(6)10(14)12(2)3/h5H,1-4H3;4-5,13H,11H2,1-3H3. The molecule has 10 nitrogen and oxygen atoms in total. The molecule has 32 heavy (non-hydrogen) atoms. The van der Waals surface area contributed by atoms with Gasteiger partial charge in [0.2, 0.25) is 5.75 Å². The van der Waals surface area contributed by atoms with E-state index in [2.05, 4.69) is 15.9 Å². The van der Waals surface area contributed by atoms with Gasteiger partial charge in [-0.25, -0.2) is 0 Å². The third-order valence-electron chi connectivity index (χ3n) is 4.51. The third kappa shape index (κ3) is 5.67. The number of phenolic OH excluding ortho intramolecular Hbond substituents is 1. The molecule has 3 N–H and O–H groups in total. The minimum atomic E-state index is -0.574. The maximum Gasteiger partial charge on any atom is 0.312 e. The summed E-state index contributed by atoms with van der Waals surface area (Å²) in [6.07, 6.45) is 0. The van der Waals surface area contributed by atoms with Gasteiger partial charge in [0.15, 0.2) is 5.75 Å². The van der Waals surface area contributed by atoms with Gasteiger partial charge in [0.1, 0.15) is 0 Å². The average molecular weight is 511 g/mol. The zero-order valence-corrected chi connectivity index (χ0v) is 20.6. The van der Waals surface area contributed by atoms with Gasteiger partial charge in [-0.05, 0) is 31.0 Å². The zero-order chi connectivity index (χ0) is 24.9. The molecule has 0 aliphatic rings. The van der Waals surface area contributed by atoms with E-state index in [1.54, 1.807) is 54.2 Å². The fraction of sp³-hybridized carbons (Fsp3) is 0.333. The Hall–Kier alpha value is -3.34. The summed E-state index contributed by atoms with van der Waals surface area (Å²) in [5.74, 6) is -0.732. The second kappa shape index (κ2) is 10.8. The molecule has 2 aromatic carbocycles. The highest BCUT2D eigenvalue weighted by molar-refractivity contribution is 9.10. The lowest BCUT2D eigenvalue weighted by atomic mass is 10.0. The van der Waals surface area contributed by atoms with Gasteiger partial charge in [0.25, 0.3) is 11.8 Å². The monoisotopic (exact) mass is 510 g/mol. The van der Waals surface area contributed by atoms with E-state index in [-0.39, 0.29) is 45.8 Å². The number of amides is 2. The Balaban J connectivity index is 0.000000330. The van der Waals surface area contributed by atoms with Crippen molar-refractivity contribution in [3.63, 3.8) is 0 Å². The van der Waals surface area contributed by atoms with Crippen LogP contribution in [-0.4, -0.2) is 66.9 Å². The second-order valence-electron chi connectivity index (χ2n) is 7.26. The molecule has 2 amide bonds. The Labute approximate surface area is 194 Å². The first kappa shape index (κ1) is 26.7. The second-order valence-corrected chi connectivity index (χ2v) is 8.12. The number of nitro benzene ring substituents is 1. The van der Waals surface area contributed by atoms with Crippen LogP contribution in [0, 0.1) is 24.0 Å². The topological polar surface area (TPSA) is 139 Å². The van der Waals surface area contributed by atoms with Gasteiger partial charge < -0.3 is 25.4 Å². The van der Waals surface area contributed by atoms with Crippen molar-refractivity contribution >= 4 is 39.1 Å². The fourth-order valence-electron chi connectivity index (χ4n) is 2.74. The molecule has 11 heteroatoms. The smallest absolute Gasteiger partial charge is 0.312 e. The minimum Gasteiger partial charge on any atom is -0.505 e. The molecule has 0 bridgehead atoms. The lowest BCUT2D eigenvalue weighted by Crippen LogP contribution is -2.23. The summed E-state index contributed by atoms with van der Waals surface area (Å²) in [5, 5.41) is 20.6. The van der Waals surface area contributed by atoms with Gasteiger partial charge in [0, 0.05) is 38.7 Å². The Morgan fingerprint density at radius 2 is 1.59 bits per heavy atom. The first-order valence-corrected chi connectivity index (χ1v) is 10.1. The molecule has 174 valence electrons. The van der Waals surface area contributed by atoms with Crippen molar-refractivity contribution in [2.24, 2.45) is 0 Å². The van der Waals surface area contributed by atoms with E-state index in [1.165, 1.54) is 23.0 Å². The molecule has 0 saturated heterocycles. The van der Waals surface area contributed by atoms with Gasteiger partial charge in [0.05, 0.1) is 28.8 Å². The Morgan fingerprint density at radius 1 is 1.09 bits per heavy atom. The number of hydrogen-bond acceptors (Lipinski definition) is 7. The number of nitrogens with zero attached hydrogens (tertiary/aromatic N) is 3. The number of rotatable bonds is 4. The molecule has 0 atom stereocenters. The Kier molecular flexibility index (Phi) is 9.01. The molecular weight excluding hydrogens is 484 g/mol. The van der Waals surface area contributed by atoms with Crippen LogP contribution in [0.15, 0.2) is 22.7 Å². The summed E-state index contributed by atoms with van der Waals surface area (Å²) >= 11 is 3.22. The van der Waals surface area contributed by atoms with E-state index in [0.29, 0.717) is 10.0 Å². The van der Waals surface area contributed by atoms with Gasteiger partial charge in [-0.1, -0.05) is 22.0 Å². The highest BCUT2D eigenvalue weighted by atomic mass is 79.9. The number of carbonyl (C=O) groups excluding carboxylic acids is 2. The van der Waals surface area contributed by atoms with Crippen LogP contribution in [0.5, 0.6) is 11.5 Å². The van der Waals surface area contributed by atoms with Crippen LogP contribution in [0.25, 0.3) is 0 Å². The predicted molar refractivity (Wildman–Crippen MR) is 125 cm³/mol. The Bertz CT molecular complexity index is 1050. The molecule has 0 aliphatic carbocycles. The number of anilines is 1. The van der Waals surface area contributed by atoms with Crippen LogP contribution < -0.4 is 10.5 Å². The number of methoxy groups -OCH3 is 1. The Morgan fingerprint density at radius 3 is 2.03 bits per heavy atom. The van der Waals surface area contributed by atoms with Gasteiger partial charge in [-0.2, -0.15) is 0 Å². The summed E-state index contributed by atoms with van der Waals surface area (Å²) in [6.45, 7) is 3.46. The maximum absolute atomic E-state index is 12.1. The molecule has 0 fully saturated rings. The van der Waals surface area contributed by atoms with Crippen molar-refractivity contribution < 1.29 is 24.4 Å². The van der Waals surface area contributed by atoms with Crippen LogP contribution in [0.1, 0.15) is 31.8 Å². The van der Waals surface area contributed by atoms with Crippen molar-refractivity contribution in [1.82, 2.24) is 9.80 Å². The molecule has 0 spiro atoms. The van der Waals surface area contributed by atoms with Gasteiger partial charge in [-0.15, -0.1) is 0 Å². The molecule has 0 saturated carbocycles. The quantitative estimate of drug-likeness (QED) is 0.278. The van der Waals surface area contributed by atoms with Crippen molar-refractivity contribution in [1.29, 1.82) is 0 Å². The summed E-state index contributed by atoms with van der Waals surface area (Å²) in [4.78, 5) is 36.9. The summed E-state index contributed by atoms with van der Waals surface area (Å²) < 4.78 is 5.54. The number of hydrogen-bond donors (Lipinski definition) is 2. The number of carbonyl (C=O) groups is 2. The van der Waals surface area contributed by atoms with Crippen molar-refractivity contribution in [2.45, 2.75) is 13.8 Å². The van der Waals surface area contributed by atoms with E-state index >= 15 is 0 Å². The number of halogens is 1. The molecule has 0 aliphatic heterocycles. The SMILES string of the molecule is COc1c([N+](=O)[O-])cc(Br)c(C)c1C(=O)N(C)C.Cc1ccc(N)c(O)c1C(=O)N(C)C. The summed E-state index contributed by atoms with van der Waals surface area (Å²) in [7, 11) is 7.72. The van der Waals surface area contributed by atoms with E-state index in [0.717, 1.165) is 5.56 Å². The number of ether oxygens (including phenoxy) is 1. The summed E-state index contributed by atoms with van der Waals surface area (Å²) in [5.41, 5.74) is 7.29. The van der Waals surface area contributed by atoms with Crippen LogP contribution in [0.3, 0.4) is 0 Å². The van der Waals surface area contributed by atoms with Crippen molar-refractivity contribution in [3.05, 3.63) is 55.0 Å². The molecule has 0 heterocycles. The first-order chi connectivity index (χ1) is 14.8. The van der Waals surface area contributed by atoms with E-state index in [1.807, 2.05) is 0 Å². The number of nitrogen functional groups attached to an aromatic ring is 1. The van der Waals surface area contributed by atoms with Crippen molar-refractivity contribution in [2.75, 3.05) is 41.0 Å². The van der Waals surface area contributed by atoms with Crippen LogP contribution >= 0.6 is 15.9 Å². The highest BCUT2D eigenvalue weighted by Gasteiger charge is 2.28. The maximum atomic E-state index is 12.1. The van der Waals surface area contributed by atoms with E-state index in [4.69, 9.17) is 10.5 Å². The number of nitrogens with two attached hydrogens (primary N) is 1. The molecular formula is C21H27BrN4O6. The zero-order valence-electron chi connectivity index (χ0n) is 19.0. The van der Waals surface area contributed by atoms with Crippen LogP contribution in [0.4, 0.5) is 11.4 Å². The number of aromatic hydroxyl groups is 1. The molecule has 2 rings (SSSR count). The predicted octanol–water partition coefficient (Wildman–Crippen LogP) is 3.36. The summed E-state index contributed by atoms with van der Waals surface area (Å²) in [6, 6.07) is 4.63. The number of benzene rings is 2. The van der Waals surface area contributed by atoms with Crippen LogP contribution in [0.2, 0.25) is 0 Å².